The minimum atomic E-state index is -0.506. The Hall–Kier alpha value is -1.30. The number of nitrogens with zero attached hydrogens (tertiary/aromatic N) is 1. The lowest BCUT2D eigenvalue weighted by atomic mass is 9.98. The zero-order valence-corrected chi connectivity index (χ0v) is 17.4. The monoisotopic (exact) mass is 413 g/mol. The third-order valence-corrected chi connectivity index (χ3v) is 5.89. The van der Waals surface area contributed by atoms with E-state index in [2.05, 4.69) is 19.2 Å². The molecule has 2 aliphatic rings. The second-order valence-electron chi connectivity index (χ2n) is 8.07. The fraction of sp³-hybridized carbons (Fsp3) is 0.600. The van der Waals surface area contributed by atoms with Crippen molar-refractivity contribution >= 4 is 35.8 Å². The molecule has 27 heavy (non-hydrogen) atoms. The molecule has 1 aliphatic heterocycles. The van der Waals surface area contributed by atoms with Crippen LogP contribution in [0.25, 0.3) is 0 Å². The molecule has 2 fully saturated rings. The van der Waals surface area contributed by atoms with Gasteiger partial charge in [0.05, 0.1) is 0 Å². The summed E-state index contributed by atoms with van der Waals surface area (Å²) in [6.45, 7) is 5.60. The maximum atomic E-state index is 13.1. The Labute approximate surface area is 172 Å². The van der Waals surface area contributed by atoms with Gasteiger partial charge in [0.1, 0.15) is 6.04 Å². The first kappa shape index (κ1) is 22.0. The number of hydrogen-bond acceptors (Lipinski definition) is 3. The van der Waals surface area contributed by atoms with Crippen LogP contribution < -0.4 is 11.1 Å². The molecule has 1 saturated heterocycles. The summed E-state index contributed by atoms with van der Waals surface area (Å²) < 4.78 is 0. The molecule has 5 nitrogen and oxygen atoms in total. The van der Waals surface area contributed by atoms with Gasteiger partial charge in [-0.3, -0.25) is 9.59 Å². The van der Waals surface area contributed by atoms with Gasteiger partial charge in [0, 0.05) is 29.7 Å². The minimum absolute atomic E-state index is 0. The lowest BCUT2D eigenvalue weighted by molar-refractivity contribution is -0.133. The van der Waals surface area contributed by atoms with Crippen LogP contribution in [-0.4, -0.2) is 41.9 Å². The second kappa shape index (κ2) is 9.26. The van der Waals surface area contributed by atoms with E-state index in [1.165, 1.54) is 0 Å². The summed E-state index contributed by atoms with van der Waals surface area (Å²) in [5, 5.41) is 3.51. The molecular formula is C20H29Cl2N3O2. The molecule has 1 aromatic rings. The molecule has 0 aromatic heterocycles. The highest BCUT2D eigenvalue weighted by atomic mass is 35.5. The number of nitrogens with two attached hydrogens (primary N) is 1. The summed E-state index contributed by atoms with van der Waals surface area (Å²) in [7, 11) is 0. The van der Waals surface area contributed by atoms with Gasteiger partial charge in [0.25, 0.3) is 5.91 Å². The SMILES string of the molecule is CC(C)CC(NC(=O)c1ccc(Cl)cc1)C(=O)N1CC2CCC(N)C2C1.Cl. The summed E-state index contributed by atoms with van der Waals surface area (Å²) in [5.74, 6) is 1.00. The Bertz CT molecular complexity index is 666. The largest absolute Gasteiger partial charge is 0.340 e. The first-order chi connectivity index (χ1) is 12.3. The Morgan fingerprint density at radius 1 is 1.22 bits per heavy atom. The molecule has 0 spiro atoms. The van der Waals surface area contributed by atoms with Gasteiger partial charge in [-0.25, -0.2) is 0 Å². The normalized spacial score (nSPS) is 25.1. The van der Waals surface area contributed by atoms with Crippen molar-refractivity contribution in [3.05, 3.63) is 34.9 Å². The van der Waals surface area contributed by atoms with Gasteiger partial charge >= 0.3 is 0 Å². The molecule has 1 aliphatic carbocycles. The van der Waals surface area contributed by atoms with Gasteiger partial charge in [0.15, 0.2) is 0 Å². The number of hydrogen-bond donors (Lipinski definition) is 2. The average molecular weight is 414 g/mol. The summed E-state index contributed by atoms with van der Waals surface area (Å²) in [6.07, 6.45) is 2.78. The topological polar surface area (TPSA) is 75.4 Å². The molecule has 3 rings (SSSR count). The molecule has 7 heteroatoms. The van der Waals surface area contributed by atoms with Crippen molar-refractivity contribution in [1.82, 2.24) is 10.2 Å². The van der Waals surface area contributed by atoms with Gasteiger partial charge in [0.2, 0.25) is 5.91 Å². The Balaban J connectivity index is 0.00000261. The van der Waals surface area contributed by atoms with E-state index in [4.69, 9.17) is 17.3 Å². The summed E-state index contributed by atoms with van der Waals surface area (Å²) >= 11 is 5.88. The highest BCUT2D eigenvalue weighted by Crippen LogP contribution is 2.37. The van der Waals surface area contributed by atoms with Gasteiger partial charge in [-0.1, -0.05) is 25.4 Å². The quantitative estimate of drug-likeness (QED) is 0.778. The van der Waals surface area contributed by atoms with Crippen molar-refractivity contribution in [3.63, 3.8) is 0 Å². The van der Waals surface area contributed by atoms with Crippen molar-refractivity contribution < 1.29 is 9.59 Å². The van der Waals surface area contributed by atoms with Crippen LogP contribution in [0.5, 0.6) is 0 Å². The van der Waals surface area contributed by atoms with E-state index in [-0.39, 0.29) is 30.3 Å². The summed E-state index contributed by atoms with van der Waals surface area (Å²) in [6, 6.07) is 6.40. The number of benzene rings is 1. The molecule has 1 heterocycles. The zero-order valence-electron chi connectivity index (χ0n) is 15.9. The van der Waals surface area contributed by atoms with Crippen LogP contribution in [0.15, 0.2) is 24.3 Å². The third-order valence-electron chi connectivity index (χ3n) is 5.64. The molecule has 0 bridgehead atoms. The van der Waals surface area contributed by atoms with Crippen LogP contribution in [0.2, 0.25) is 5.02 Å². The zero-order chi connectivity index (χ0) is 18.8. The van der Waals surface area contributed by atoms with E-state index in [1.807, 2.05) is 4.90 Å². The van der Waals surface area contributed by atoms with E-state index >= 15 is 0 Å². The lowest BCUT2D eigenvalue weighted by Gasteiger charge is -2.26. The number of carbonyl (C=O) groups excluding carboxylic acids is 2. The van der Waals surface area contributed by atoms with Crippen LogP contribution >= 0.6 is 24.0 Å². The smallest absolute Gasteiger partial charge is 0.251 e. The Kier molecular flexibility index (Phi) is 7.55. The molecule has 4 unspecified atom stereocenters. The van der Waals surface area contributed by atoms with Gasteiger partial charge in [-0.2, -0.15) is 0 Å². The highest BCUT2D eigenvalue weighted by Gasteiger charge is 2.43. The van der Waals surface area contributed by atoms with Crippen LogP contribution in [-0.2, 0) is 4.79 Å². The van der Waals surface area contributed by atoms with Gasteiger partial charge in [-0.05, 0) is 61.3 Å². The maximum absolute atomic E-state index is 13.1. The van der Waals surface area contributed by atoms with Crippen LogP contribution in [0.1, 0.15) is 43.5 Å². The molecule has 2 amide bonds. The first-order valence-corrected chi connectivity index (χ1v) is 9.83. The van der Waals surface area contributed by atoms with Crippen LogP contribution in [0.3, 0.4) is 0 Å². The van der Waals surface area contributed by atoms with Gasteiger partial charge < -0.3 is 16.0 Å². The minimum Gasteiger partial charge on any atom is -0.340 e. The number of halogens is 2. The summed E-state index contributed by atoms with van der Waals surface area (Å²) in [5.41, 5.74) is 6.70. The maximum Gasteiger partial charge on any atom is 0.251 e. The van der Waals surface area contributed by atoms with Crippen LogP contribution in [0.4, 0.5) is 0 Å². The summed E-state index contributed by atoms with van der Waals surface area (Å²) in [4.78, 5) is 27.6. The van der Waals surface area contributed by atoms with E-state index in [1.54, 1.807) is 24.3 Å². The van der Waals surface area contributed by atoms with Crippen LogP contribution in [0, 0.1) is 17.8 Å². The average Bonchev–Trinajstić information content (AvgIpc) is 3.16. The number of amides is 2. The predicted octanol–water partition coefficient (Wildman–Crippen LogP) is 3.10. The van der Waals surface area contributed by atoms with E-state index in [9.17, 15) is 9.59 Å². The molecule has 1 saturated carbocycles. The predicted molar refractivity (Wildman–Crippen MR) is 110 cm³/mol. The van der Waals surface area contributed by atoms with E-state index in [0.717, 1.165) is 25.9 Å². The Morgan fingerprint density at radius 2 is 1.89 bits per heavy atom. The molecule has 3 N–H and O–H groups in total. The highest BCUT2D eigenvalue weighted by molar-refractivity contribution is 6.30. The fourth-order valence-electron chi connectivity index (χ4n) is 4.24. The van der Waals surface area contributed by atoms with Gasteiger partial charge in [-0.15, -0.1) is 12.4 Å². The molecule has 150 valence electrons. The van der Waals surface area contributed by atoms with Crippen molar-refractivity contribution in [1.29, 1.82) is 0 Å². The molecule has 1 aromatic carbocycles. The van der Waals surface area contributed by atoms with Crippen molar-refractivity contribution in [2.24, 2.45) is 23.5 Å². The fourth-order valence-corrected chi connectivity index (χ4v) is 4.37. The number of carbonyl (C=O) groups is 2. The molecule has 4 atom stereocenters. The van der Waals surface area contributed by atoms with Crippen molar-refractivity contribution in [2.45, 2.75) is 45.2 Å². The second-order valence-corrected chi connectivity index (χ2v) is 8.51. The first-order valence-electron chi connectivity index (χ1n) is 9.46. The number of fused-ring (bicyclic) bond motifs is 1. The number of nitrogens with one attached hydrogen (secondary N) is 1. The van der Waals surface area contributed by atoms with E-state index < -0.39 is 6.04 Å². The van der Waals surface area contributed by atoms with Crippen molar-refractivity contribution in [3.8, 4) is 0 Å². The third kappa shape index (κ3) is 5.15. The number of rotatable bonds is 5. The van der Waals surface area contributed by atoms with E-state index in [0.29, 0.717) is 34.8 Å². The standard InChI is InChI=1S/C20H28ClN3O2.ClH/c1-12(2)9-18(23-19(25)13-3-6-15(21)7-4-13)20(26)24-10-14-5-8-17(22)16(14)11-24;/h3-4,6-7,12,14,16-18H,5,8-11,22H2,1-2H3,(H,23,25);1H. The lowest BCUT2D eigenvalue weighted by Crippen LogP contribution is -2.49. The Morgan fingerprint density at radius 3 is 2.48 bits per heavy atom. The molecule has 0 radical (unpaired) electrons. The van der Waals surface area contributed by atoms with Crippen molar-refractivity contribution in [2.75, 3.05) is 13.1 Å². The number of likely N-dealkylation sites (tertiary alicyclic amines) is 1. The molecular weight excluding hydrogens is 385 g/mol.